The maximum Gasteiger partial charge on any atom is 0.417 e. The number of carbonyl (C=O) groups excluding carboxylic acids is 1. The highest BCUT2D eigenvalue weighted by Crippen LogP contribution is 2.35. The van der Waals surface area contributed by atoms with Gasteiger partial charge in [-0.1, -0.05) is 41.1 Å². The lowest BCUT2D eigenvalue weighted by Gasteiger charge is -2.11. The highest BCUT2D eigenvalue weighted by atomic mass is 79.9. The molecule has 0 amide bonds. The van der Waals surface area contributed by atoms with E-state index in [1.165, 1.54) is 12.1 Å². The quantitative estimate of drug-likeness (QED) is 0.685. The Morgan fingerprint density at radius 2 is 1.76 bits per heavy atom. The molecule has 110 valence electrons. The summed E-state index contributed by atoms with van der Waals surface area (Å²) in [5.41, 5.74) is 0.539. The predicted octanol–water partition coefficient (Wildman–Crippen LogP) is 5.26. The zero-order chi connectivity index (χ0) is 15.6. The number of alkyl halides is 3. The third kappa shape index (κ3) is 3.53. The van der Waals surface area contributed by atoms with Crippen LogP contribution in [0.4, 0.5) is 13.2 Å². The maximum atomic E-state index is 12.9. The Labute approximate surface area is 128 Å². The number of aryl methyl sites for hydroxylation is 1. The van der Waals surface area contributed by atoms with Crippen LogP contribution in [0.1, 0.15) is 34.0 Å². The van der Waals surface area contributed by atoms with Crippen LogP contribution >= 0.6 is 15.9 Å². The molecule has 0 bridgehead atoms. The second kappa shape index (κ2) is 6.02. The molecule has 21 heavy (non-hydrogen) atoms. The molecule has 0 saturated heterocycles. The molecule has 2 aromatic rings. The SMILES string of the molecule is CCc1cccc(C(=O)c2ccc(Br)c(C(F)(F)F)c2)c1. The van der Waals surface area contributed by atoms with Crippen LogP contribution < -0.4 is 0 Å². The molecule has 0 N–H and O–H groups in total. The molecule has 1 nitrogen and oxygen atoms in total. The third-order valence-electron chi connectivity index (χ3n) is 3.13. The minimum Gasteiger partial charge on any atom is -0.289 e. The van der Waals surface area contributed by atoms with Gasteiger partial charge in [-0.3, -0.25) is 4.79 Å². The largest absolute Gasteiger partial charge is 0.417 e. The lowest BCUT2D eigenvalue weighted by molar-refractivity contribution is -0.138. The molecule has 0 radical (unpaired) electrons. The summed E-state index contributed by atoms with van der Waals surface area (Å²) >= 11 is 2.86. The van der Waals surface area contributed by atoms with Crippen molar-refractivity contribution in [3.8, 4) is 0 Å². The normalized spacial score (nSPS) is 11.5. The number of halogens is 4. The van der Waals surface area contributed by atoms with Crippen LogP contribution in [0.3, 0.4) is 0 Å². The monoisotopic (exact) mass is 356 g/mol. The first-order chi connectivity index (χ1) is 9.82. The molecule has 0 aliphatic heterocycles. The summed E-state index contributed by atoms with van der Waals surface area (Å²) in [7, 11) is 0. The summed E-state index contributed by atoms with van der Waals surface area (Å²) < 4.78 is 38.5. The molecule has 0 unspecified atom stereocenters. The summed E-state index contributed by atoms with van der Waals surface area (Å²) in [4.78, 5) is 12.3. The van der Waals surface area contributed by atoms with Gasteiger partial charge in [-0.05, 0) is 36.2 Å². The average molecular weight is 357 g/mol. The summed E-state index contributed by atoms with van der Waals surface area (Å²) in [6.45, 7) is 1.95. The molecule has 2 aromatic carbocycles. The van der Waals surface area contributed by atoms with Crippen molar-refractivity contribution >= 4 is 21.7 Å². The van der Waals surface area contributed by atoms with Gasteiger partial charge in [0.1, 0.15) is 0 Å². The van der Waals surface area contributed by atoms with Crippen molar-refractivity contribution in [2.45, 2.75) is 19.5 Å². The van der Waals surface area contributed by atoms with Crippen LogP contribution in [0.15, 0.2) is 46.9 Å². The van der Waals surface area contributed by atoms with Crippen molar-refractivity contribution < 1.29 is 18.0 Å². The minimum atomic E-state index is -4.50. The van der Waals surface area contributed by atoms with E-state index in [0.29, 0.717) is 5.56 Å². The fourth-order valence-electron chi connectivity index (χ4n) is 1.98. The Hall–Kier alpha value is -1.62. The van der Waals surface area contributed by atoms with Gasteiger partial charge >= 0.3 is 6.18 Å². The first kappa shape index (κ1) is 15.8. The van der Waals surface area contributed by atoms with Crippen molar-refractivity contribution in [1.82, 2.24) is 0 Å². The molecule has 0 heterocycles. The summed E-state index contributed by atoms with van der Waals surface area (Å²) in [6.07, 6.45) is -3.74. The van der Waals surface area contributed by atoms with Crippen LogP contribution in [0.25, 0.3) is 0 Å². The van der Waals surface area contributed by atoms with Gasteiger partial charge in [0, 0.05) is 15.6 Å². The van der Waals surface area contributed by atoms with Gasteiger partial charge in [-0.2, -0.15) is 13.2 Å². The zero-order valence-electron chi connectivity index (χ0n) is 11.2. The summed E-state index contributed by atoms with van der Waals surface area (Å²) in [5, 5.41) is 0. The molecular formula is C16H12BrF3O. The average Bonchev–Trinajstić information content (AvgIpc) is 2.46. The Morgan fingerprint density at radius 1 is 1.10 bits per heavy atom. The number of rotatable bonds is 3. The number of ketones is 1. The minimum absolute atomic E-state index is 0.0266. The summed E-state index contributed by atoms with van der Waals surface area (Å²) in [6, 6.07) is 10.4. The van der Waals surface area contributed by atoms with E-state index in [2.05, 4.69) is 15.9 Å². The van der Waals surface area contributed by atoms with Crippen LogP contribution in [0.2, 0.25) is 0 Å². The standard InChI is InChI=1S/C16H12BrF3O/c1-2-10-4-3-5-11(8-10)15(21)12-6-7-14(17)13(9-12)16(18,19)20/h3-9H,2H2,1H3. The Bertz CT molecular complexity index is 677. The van der Waals surface area contributed by atoms with Crippen LogP contribution in [-0.2, 0) is 12.6 Å². The molecule has 0 atom stereocenters. The van der Waals surface area contributed by atoms with Gasteiger partial charge in [-0.15, -0.1) is 0 Å². The molecule has 0 aliphatic carbocycles. The molecular weight excluding hydrogens is 345 g/mol. The van der Waals surface area contributed by atoms with E-state index in [4.69, 9.17) is 0 Å². The Morgan fingerprint density at radius 3 is 2.38 bits per heavy atom. The first-order valence-electron chi connectivity index (χ1n) is 6.33. The number of carbonyl (C=O) groups is 1. The van der Waals surface area contributed by atoms with E-state index in [1.54, 1.807) is 18.2 Å². The third-order valence-corrected chi connectivity index (χ3v) is 3.82. The van der Waals surface area contributed by atoms with E-state index in [0.717, 1.165) is 18.1 Å². The molecule has 0 saturated carbocycles. The maximum absolute atomic E-state index is 12.9. The van der Waals surface area contributed by atoms with Gasteiger partial charge in [0.25, 0.3) is 0 Å². The highest BCUT2D eigenvalue weighted by Gasteiger charge is 2.33. The van der Waals surface area contributed by atoms with Gasteiger partial charge in [0.2, 0.25) is 0 Å². The van der Waals surface area contributed by atoms with Crippen LogP contribution in [0.5, 0.6) is 0 Å². The zero-order valence-corrected chi connectivity index (χ0v) is 12.8. The molecule has 5 heteroatoms. The lowest BCUT2D eigenvalue weighted by atomic mass is 9.99. The van der Waals surface area contributed by atoms with Gasteiger partial charge in [0.05, 0.1) is 5.56 Å². The molecule has 0 aliphatic rings. The van der Waals surface area contributed by atoms with E-state index in [-0.39, 0.29) is 10.0 Å². The number of hydrogen-bond donors (Lipinski definition) is 0. The van der Waals surface area contributed by atoms with E-state index in [1.807, 2.05) is 13.0 Å². The van der Waals surface area contributed by atoms with Crippen LogP contribution in [-0.4, -0.2) is 5.78 Å². The van der Waals surface area contributed by atoms with Crippen molar-refractivity contribution in [3.05, 3.63) is 69.2 Å². The lowest BCUT2D eigenvalue weighted by Crippen LogP contribution is -2.09. The molecule has 0 spiro atoms. The smallest absolute Gasteiger partial charge is 0.289 e. The first-order valence-corrected chi connectivity index (χ1v) is 7.12. The van der Waals surface area contributed by atoms with Crippen molar-refractivity contribution in [2.24, 2.45) is 0 Å². The Kier molecular flexibility index (Phi) is 4.52. The van der Waals surface area contributed by atoms with Crippen molar-refractivity contribution in [2.75, 3.05) is 0 Å². The highest BCUT2D eigenvalue weighted by molar-refractivity contribution is 9.10. The van der Waals surface area contributed by atoms with Crippen molar-refractivity contribution in [3.63, 3.8) is 0 Å². The van der Waals surface area contributed by atoms with E-state index < -0.39 is 17.5 Å². The van der Waals surface area contributed by atoms with Gasteiger partial charge in [0.15, 0.2) is 5.78 Å². The van der Waals surface area contributed by atoms with Crippen LogP contribution in [0, 0.1) is 0 Å². The molecule has 0 aromatic heterocycles. The van der Waals surface area contributed by atoms with E-state index >= 15 is 0 Å². The fraction of sp³-hybridized carbons (Fsp3) is 0.188. The van der Waals surface area contributed by atoms with Gasteiger partial charge < -0.3 is 0 Å². The molecule has 0 fully saturated rings. The predicted molar refractivity (Wildman–Crippen MR) is 78.4 cm³/mol. The Balaban J connectivity index is 2.44. The fourth-order valence-corrected chi connectivity index (χ4v) is 2.45. The number of benzene rings is 2. The number of hydrogen-bond acceptors (Lipinski definition) is 1. The van der Waals surface area contributed by atoms with E-state index in [9.17, 15) is 18.0 Å². The second-order valence-electron chi connectivity index (χ2n) is 4.58. The summed E-state index contributed by atoms with van der Waals surface area (Å²) in [5.74, 6) is -0.414. The van der Waals surface area contributed by atoms with Crippen molar-refractivity contribution in [1.29, 1.82) is 0 Å². The topological polar surface area (TPSA) is 17.1 Å². The molecule has 2 rings (SSSR count). The second-order valence-corrected chi connectivity index (χ2v) is 5.43. The van der Waals surface area contributed by atoms with Gasteiger partial charge in [-0.25, -0.2) is 0 Å².